The molecule has 0 aliphatic carbocycles. The van der Waals surface area contributed by atoms with Gasteiger partial charge in [0.25, 0.3) is 0 Å². The standard InChI is InChI=1S/C22H25N3O3S/c1-2-29-20(18-5-3-4-6-19(18)26)22-24-23-21(28-22)17-9-7-16(8-10-17)15-25-11-13-27-14-12-25/h3-10,20,26H,2,11-15H2,1H3. The zero-order valence-electron chi connectivity index (χ0n) is 16.5. The lowest BCUT2D eigenvalue weighted by atomic mass is 10.1. The lowest BCUT2D eigenvalue weighted by molar-refractivity contribution is 0.0342. The first-order chi connectivity index (χ1) is 14.2. The van der Waals surface area contributed by atoms with Gasteiger partial charge in [-0.25, -0.2) is 0 Å². The SMILES string of the molecule is CCSC(c1nnc(-c2ccc(CN3CCOCC3)cc2)o1)c1ccccc1O. The smallest absolute Gasteiger partial charge is 0.247 e. The molecule has 1 saturated heterocycles. The fraction of sp³-hybridized carbons (Fsp3) is 0.364. The van der Waals surface area contributed by atoms with Gasteiger partial charge in [0.05, 0.1) is 13.2 Å². The molecule has 3 aromatic rings. The third kappa shape index (κ3) is 4.80. The Bertz CT molecular complexity index is 923. The Labute approximate surface area is 174 Å². The van der Waals surface area contributed by atoms with Crippen LogP contribution in [0.15, 0.2) is 52.9 Å². The zero-order valence-corrected chi connectivity index (χ0v) is 17.3. The van der Waals surface area contributed by atoms with Gasteiger partial charge in [0.2, 0.25) is 11.8 Å². The Morgan fingerprint density at radius 3 is 2.55 bits per heavy atom. The highest BCUT2D eigenvalue weighted by molar-refractivity contribution is 7.99. The van der Waals surface area contributed by atoms with Crippen molar-refractivity contribution < 1.29 is 14.3 Å². The summed E-state index contributed by atoms with van der Waals surface area (Å²) in [5.41, 5.74) is 2.94. The van der Waals surface area contributed by atoms with Crippen LogP contribution in [-0.4, -0.2) is 52.3 Å². The van der Waals surface area contributed by atoms with Gasteiger partial charge in [-0.15, -0.1) is 22.0 Å². The molecule has 1 unspecified atom stereocenters. The van der Waals surface area contributed by atoms with Crippen molar-refractivity contribution in [2.75, 3.05) is 32.1 Å². The molecule has 0 saturated carbocycles. The Morgan fingerprint density at radius 1 is 1.07 bits per heavy atom. The largest absolute Gasteiger partial charge is 0.508 e. The van der Waals surface area contributed by atoms with Crippen molar-refractivity contribution in [1.29, 1.82) is 0 Å². The number of para-hydroxylation sites is 1. The minimum atomic E-state index is -0.192. The van der Waals surface area contributed by atoms with E-state index in [2.05, 4.69) is 34.2 Å². The number of phenolic OH excluding ortho intramolecular Hbond substituents is 1. The van der Waals surface area contributed by atoms with Gasteiger partial charge in [-0.05, 0) is 29.5 Å². The summed E-state index contributed by atoms with van der Waals surface area (Å²) in [7, 11) is 0. The third-order valence-electron chi connectivity index (χ3n) is 4.93. The van der Waals surface area contributed by atoms with Gasteiger partial charge in [-0.2, -0.15) is 0 Å². The van der Waals surface area contributed by atoms with Gasteiger partial charge in [0, 0.05) is 30.8 Å². The molecule has 29 heavy (non-hydrogen) atoms. The Balaban J connectivity index is 1.51. The second-order valence-electron chi connectivity index (χ2n) is 6.93. The molecule has 1 fully saturated rings. The van der Waals surface area contributed by atoms with Crippen molar-refractivity contribution in [3.8, 4) is 17.2 Å². The molecule has 1 aromatic heterocycles. The molecule has 6 nitrogen and oxygen atoms in total. The maximum absolute atomic E-state index is 10.2. The minimum absolute atomic E-state index is 0.192. The first-order valence-electron chi connectivity index (χ1n) is 9.87. The summed E-state index contributed by atoms with van der Waals surface area (Å²) in [6.07, 6.45) is 0. The van der Waals surface area contributed by atoms with E-state index in [0.717, 1.165) is 49.7 Å². The third-order valence-corrected chi connectivity index (χ3v) is 6.05. The van der Waals surface area contributed by atoms with Crippen molar-refractivity contribution in [2.45, 2.75) is 18.7 Å². The maximum atomic E-state index is 10.2. The van der Waals surface area contributed by atoms with E-state index in [9.17, 15) is 5.11 Å². The molecule has 1 aliphatic heterocycles. The number of morpholine rings is 1. The van der Waals surface area contributed by atoms with Gasteiger partial charge >= 0.3 is 0 Å². The lowest BCUT2D eigenvalue weighted by Crippen LogP contribution is -2.35. The number of nitrogens with zero attached hydrogens (tertiary/aromatic N) is 3. The van der Waals surface area contributed by atoms with Crippen LogP contribution in [0.5, 0.6) is 5.75 Å². The molecule has 1 aliphatic rings. The highest BCUT2D eigenvalue weighted by atomic mass is 32.2. The summed E-state index contributed by atoms with van der Waals surface area (Å²) < 4.78 is 11.4. The number of hydrogen-bond donors (Lipinski definition) is 1. The van der Waals surface area contributed by atoms with Crippen LogP contribution >= 0.6 is 11.8 Å². The normalized spacial score (nSPS) is 16.0. The van der Waals surface area contributed by atoms with Gasteiger partial charge < -0.3 is 14.3 Å². The van der Waals surface area contributed by atoms with E-state index in [1.807, 2.05) is 30.3 Å². The first kappa shape index (κ1) is 19.9. The summed E-state index contributed by atoms with van der Waals surface area (Å²) in [6.45, 7) is 6.53. The van der Waals surface area contributed by atoms with E-state index < -0.39 is 0 Å². The molecule has 0 radical (unpaired) electrons. The fourth-order valence-corrected chi connectivity index (χ4v) is 4.35. The van der Waals surface area contributed by atoms with Gasteiger partial charge in [-0.3, -0.25) is 4.90 Å². The molecular weight excluding hydrogens is 386 g/mol. The number of benzene rings is 2. The van der Waals surface area contributed by atoms with E-state index in [1.54, 1.807) is 17.8 Å². The summed E-state index contributed by atoms with van der Waals surface area (Å²) in [5.74, 6) is 2.11. The maximum Gasteiger partial charge on any atom is 0.247 e. The molecule has 4 rings (SSSR count). The van der Waals surface area contributed by atoms with Crippen LogP contribution in [0, 0.1) is 0 Å². The summed E-state index contributed by atoms with van der Waals surface area (Å²) in [6, 6.07) is 15.6. The van der Waals surface area contributed by atoms with Gasteiger partial charge in [0.1, 0.15) is 11.0 Å². The second-order valence-corrected chi connectivity index (χ2v) is 8.31. The van der Waals surface area contributed by atoms with Crippen molar-refractivity contribution in [3.63, 3.8) is 0 Å². The Kier molecular flexibility index (Phi) is 6.49. The Morgan fingerprint density at radius 2 is 1.83 bits per heavy atom. The molecule has 0 spiro atoms. The lowest BCUT2D eigenvalue weighted by Gasteiger charge is -2.26. The van der Waals surface area contributed by atoms with Crippen LogP contribution in [0.4, 0.5) is 0 Å². The average molecular weight is 412 g/mol. The highest BCUT2D eigenvalue weighted by Crippen LogP contribution is 2.39. The number of aromatic hydroxyl groups is 1. The van der Waals surface area contributed by atoms with Crippen LogP contribution < -0.4 is 0 Å². The molecule has 2 heterocycles. The van der Waals surface area contributed by atoms with Crippen LogP contribution in [0.3, 0.4) is 0 Å². The number of rotatable bonds is 7. The van der Waals surface area contributed by atoms with E-state index >= 15 is 0 Å². The molecule has 0 bridgehead atoms. The fourth-order valence-electron chi connectivity index (χ4n) is 3.40. The second kappa shape index (κ2) is 9.43. The van der Waals surface area contributed by atoms with Crippen LogP contribution in [0.1, 0.15) is 29.2 Å². The first-order valence-corrected chi connectivity index (χ1v) is 10.9. The number of phenols is 1. The molecule has 0 amide bonds. The average Bonchev–Trinajstić information content (AvgIpc) is 3.24. The molecular formula is C22H25N3O3S. The van der Waals surface area contributed by atoms with Crippen molar-refractivity contribution in [1.82, 2.24) is 15.1 Å². The zero-order chi connectivity index (χ0) is 20.1. The molecule has 1 atom stereocenters. The summed E-state index contributed by atoms with van der Waals surface area (Å²) >= 11 is 1.66. The molecule has 7 heteroatoms. The van der Waals surface area contributed by atoms with Gasteiger partial charge in [-0.1, -0.05) is 37.3 Å². The number of ether oxygens (including phenoxy) is 1. The topological polar surface area (TPSA) is 71.6 Å². The summed E-state index contributed by atoms with van der Waals surface area (Å²) in [4.78, 5) is 2.39. The monoisotopic (exact) mass is 411 g/mol. The number of thioether (sulfide) groups is 1. The predicted octanol–water partition coefficient (Wildman–Crippen LogP) is 4.12. The van der Waals surface area contributed by atoms with Crippen LogP contribution in [0.2, 0.25) is 0 Å². The van der Waals surface area contributed by atoms with E-state index in [4.69, 9.17) is 9.15 Å². The summed E-state index contributed by atoms with van der Waals surface area (Å²) in [5, 5.41) is 18.6. The quantitative estimate of drug-likeness (QED) is 0.627. The van der Waals surface area contributed by atoms with Crippen molar-refractivity contribution in [3.05, 3.63) is 65.5 Å². The van der Waals surface area contributed by atoms with E-state index in [-0.39, 0.29) is 11.0 Å². The molecule has 152 valence electrons. The van der Waals surface area contributed by atoms with Crippen molar-refractivity contribution >= 4 is 11.8 Å². The molecule has 1 N–H and O–H groups in total. The number of hydrogen-bond acceptors (Lipinski definition) is 7. The molecule has 2 aromatic carbocycles. The van der Waals surface area contributed by atoms with Crippen molar-refractivity contribution in [2.24, 2.45) is 0 Å². The predicted molar refractivity (Wildman–Crippen MR) is 114 cm³/mol. The Hall–Kier alpha value is -2.35. The number of aromatic nitrogens is 2. The minimum Gasteiger partial charge on any atom is -0.508 e. The van der Waals surface area contributed by atoms with Crippen LogP contribution in [-0.2, 0) is 11.3 Å². The van der Waals surface area contributed by atoms with Gasteiger partial charge in [0.15, 0.2) is 0 Å². The van der Waals surface area contributed by atoms with E-state index in [1.165, 1.54) is 5.56 Å². The highest BCUT2D eigenvalue weighted by Gasteiger charge is 2.24. The van der Waals surface area contributed by atoms with Crippen LogP contribution in [0.25, 0.3) is 11.5 Å². The van der Waals surface area contributed by atoms with E-state index in [0.29, 0.717) is 11.8 Å².